The average molecular weight is 306 g/mol. The Labute approximate surface area is 124 Å². The number of nitro benzene ring substituents is 1. The summed E-state index contributed by atoms with van der Waals surface area (Å²) in [6.07, 6.45) is -0.817. The van der Waals surface area contributed by atoms with E-state index in [1.54, 1.807) is 26.8 Å². The number of carbonyl (C=O) groups excluding carboxylic acids is 1. The molecule has 0 fully saturated rings. The molecular weight excluding hydrogens is 292 g/mol. The van der Waals surface area contributed by atoms with E-state index in [9.17, 15) is 19.7 Å². The maximum absolute atomic E-state index is 11.6. The normalized spacial score (nSPS) is 10.5. The van der Waals surface area contributed by atoms with Gasteiger partial charge in [-0.1, -0.05) is 0 Å². The van der Waals surface area contributed by atoms with E-state index in [0.29, 0.717) is 16.5 Å². The molecule has 0 aliphatic heterocycles. The molecule has 0 unspecified atom stereocenters. The molecule has 0 saturated heterocycles. The third kappa shape index (κ3) is 2.76. The highest BCUT2D eigenvalue weighted by molar-refractivity contribution is 6.00. The van der Waals surface area contributed by atoms with Crippen molar-refractivity contribution in [1.82, 2.24) is 0 Å². The number of nitrogens with one attached hydrogen (secondary N) is 1. The second kappa shape index (κ2) is 5.84. The van der Waals surface area contributed by atoms with Crippen molar-refractivity contribution in [2.24, 2.45) is 0 Å². The first kappa shape index (κ1) is 15.5. The quantitative estimate of drug-likeness (QED) is 0.530. The van der Waals surface area contributed by atoms with Crippen LogP contribution < -0.4 is 10.9 Å². The summed E-state index contributed by atoms with van der Waals surface area (Å²) in [5.41, 5.74) is -0.371. The second-order valence-corrected chi connectivity index (χ2v) is 4.64. The summed E-state index contributed by atoms with van der Waals surface area (Å²) in [6.45, 7) is 5.00. The summed E-state index contributed by atoms with van der Waals surface area (Å²) in [5, 5.41) is 14.2. The lowest BCUT2D eigenvalue weighted by molar-refractivity contribution is -0.382. The Balaban J connectivity index is 2.78. The predicted molar refractivity (Wildman–Crippen MR) is 79.3 cm³/mol. The van der Waals surface area contributed by atoms with Gasteiger partial charge in [0.15, 0.2) is 0 Å². The third-order valence-electron chi connectivity index (χ3n) is 3.10. The minimum Gasteiger partial charge on any atom is -0.450 e. The molecule has 0 radical (unpaired) electrons. The molecular formula is C14H14N2O6. The van der Waals surface area contributed by atoms with Crippen molar-refractivity contribution in [3.63, 3.8) is 0 Å². The monoisotopic (exact) mass is 306 g/mol. The second-order valence-electron chi connectivity index (χ2n) is 4.64. The number of hydrogen-bond acceptors (Lipinski definition) is 6. The van der Waals surface area contributed by atoms with Crippen LogP contribution in [0.15, 0.2) is 21.3 Å². The SMILES string of the molecule is CCOC(=O)Nc1c(C)cc2c(C)cc(=O)oc2c1[N+](=O)[O-]. The Morgan fingerprint density at radius 2 is 2.05 bits per heavy atom. The van der Waals surface area contributed by atoms with Gasteiger partial charge in [0.05, 0.1) is 11.5 Å². The number of hydrogen-bond donors (Lipinski definition) is 1. The highest BCUT2D eigenvalue weighted by Gasteiger charge is 2.26. The minimum absolute atomic E-state index is 0.0512. The Kier molecular flexibility index (Phi) is 4.11. The number of rotatable bonds is 3. The number of benzene rings is 1. The number of ether oxygens (including phenoxy) is 1. The smallest absolute Gasteiger partial charge is 0.411 e. The Morgan fingerprint density at radius 1 is 1.36 bits per heavy atom. The number of amides is 1. The molecule has 116 valence electrons. The fourth-order valence-electron chi connectivity index (χ4n) is 2.16. The van der Waals surface area contributed by atoms with E-state index >= 15 is 0 Å². The molecule has 1 aromatic heterocycles. The van der Waals surface area contributed by atoms with Gasteiger partial charge in [0.1, 0.15) is 5.69 Å². The summed E-state index contributed by atoms with van der Waals surface area (Å²) in [5.74, 6) is 0. The van der Waals surface area contributed by atoms with Crippen molar-refractivity contribution < 1.29 is 18.9 Å². The van der Waals surface area contributed by atoms with Crippen LogP contribution in [0.4, 0.5) is 16.2 Å². The first-order chi connectivity index (χ1) is 10.3. The number of nitro groups is 1. The number of fused-ring (bicyclic) bond motifs is 1. The number of anilines is 1. The van der Waals surface area contributed by atoms with Gasteiger partial charge in [0, 0.05) is 11.5 Å². The van der Waals surface area contributed by atoms with Crippen LogP contribution in [-0.2, 0) is 4.74 Å². The van der Waals surface area contributed by atoms with Crippen molar-refractivity contribution in [3.8, 4) is 0 Å². The lowest BCUT2D eigenvalue weighted by Crippen LogP contribution is -2.16. The van der Waals surface area contributed by atoms with Crippen LogP contribution in [0.25, 0.3) is 11.0 Å². The van der Waals surface area contributed by atoms with Crippen LogP contribution in [0, 0.1) is 24.0 Å². The fourth-order valence-corrected chi connectivity index (χ4v) is 2.16. The molecule has 0 aliphatic carbocycles. The Hall–Kier alpha value is -2.90. The van der Waals surface area contributed by atoms with Crippen LogP contribution >= 0.6 is 0 Å². The van der Waals surface area contributed by atoms with E-state index in [0.717, 1.165) is 0 Å². The highest BCUT2D eigenvalue weighted by Crippen LogP contribution is 2.37. The zero-order valence-corrected chi connectivity index (χ0v) is 12.3. The standard InChI is InChI=1S/C14H14N2O6/c1-4-21-14(18)15-11-8(3)5-9-7(2)6-10(17)22-13(9)12(11)16(19)20/h5-6H,4H2,1-3H3,(H,15,18). The van der Waals surface area contributed by atoms with Crippen LogP contribution in [0.5, 0.6) is 0 Å². The summed E-state index contributed by atoms with van der Waals surface area (Å²) >= 11 is 0. The Morgan fingerprint density at radius 3 is 2.64 bits per heavy atom. The zero-order chi connectivity index (χ0) is 16.4. The minimum atomic E-state index is -0.817. The van der Waals surface area contributed by atoms with Crippen molar-refractivity contribution in [2.75, 3.05) is 11.9 Å². The Bertz CT molecular complexity index is 824. The van der Waals surface area contributed by atoms with Gasteiger partial charge in [-0.25, -0.2) is 9.59 Å². The summed E-state index contributed by atoms with van der Waals surface area (Å²) in [7, 11) is 0. The first-order valence-corrected chi connectivity index (χ1v) is 6.51. The molecule has 1 N–H and O–H groups in total. The largest absolute Gasteiger partial charge is 0.450 e. The van der Waals surface area contributed by atoms with Crippen molar-refractivity contribution in [3.05, 3.63) is 43.8 Å². The molecule has 1 aromatic carbocycles. The van der Waals surface area contributed by atoms with Gasteiger partial charge in [-0.3, -0.25) is 15.4 Å². The van der Waals surface area contributed by atoms with Gasteiger partial charge in [-0.15, -0.1) is 0 Å². The number of nitrogens with zero attached hydrogens (tertiary/aromatic N) is 1. The van der Waals surface area contributed by atoms with E-state index in [4.69, 9.17) is 9.15 Å². The lowest BCUT2D eigenvalue weighted by atomic mass is 10.0. The molecule has 2 rings (SSSR count). The summed E-state index contributed by atoms with van der Waals surface area (Å²) < 4.78 is 9.71. The fraction of sp³-hybridized carbons (Fsp3) is 0.286. The van der Waals surface area contributed by atoms with E-state index in [1.165, 1.54) is 6.07 Å². The molecule has 8 nitrogen and oxygen atoms in total. The predicted octanol–water partition coefficient (Wildman–Crippen LogP) is 2.89. The molecule has 0 aliphatic rings. The topological polar surface area (TPSA) is 112 Å². The molecule has 2 aromatic rings. The van der Waals surface area contributed by atoms with E-state index in [1.807, 2.05) is 0 Å². The van der Waals surface area contributed by atoms with Crippen molar-refractivity contribution in [1.29, 1.82) is 0 Å². The van der Waals surface area contributed by atoms with Gasteiger partial charge in [0.2, 0.25) is 5.58 Å². The van der Waals surface area contributed by atoms with Gasteiger partial charge in [-0.2, -0.15) is 0 Å². The molecule has 22 heavy (non-hydrogen) atoms. The molecule has 0 atom stereocenters. The van der Waals surface area contributed by atoms with Crippen molar-refractivity contribution in [2.45, 2.75) is 20.8 Å². The van der Waals surface area contributed by atoms with Gasteiger partial charge in [0.25, 0.3) is 0 Å². The lowest BCUT2D eigenvalue weighted by Gasteiger charge is -2.11. The molecule has 1 heterocycles. The molecule has 1 amide bonds. The van der Waals surface area contributed by atoms with Crippen LogP contribution in [0.2, 0.25) is 0 Å². The van der Waals surface area contributed by atoms with Crippen LogP contribution in [0.3, 0.4) is 0 Å². The maximum Gasteiger partial charge on any atom is 0.411 e. The van der Waals surface area contributed by atoms with E-state index < -0.39 is 22.3 Å². The number of aryl methyl sites for hydroxylation is 2. The molecule has 0 bridgehead atoms. The third-order valence-corrected chi connectivity index (χ3v) is 3.10. The highest BCUT2D eigenvalue weighted by atomic mass is 16.6. The van der Waals surface area contributed by atoms with E-state index in [-0.39, 0.29) is 17.9 Å². The molecule has 0 spiro atoms. The van der Waals surface area contributed by atoms with Gasteiger partial charge >= 0.3 is 17.4 Å². The molecule has 0 saturated carbocycles. The zero-order valence-electron chi connectivity index (χ0n) is 12.3. The maximum atomic E-state index is 11.6. The van der Waals surface area contributed by atoms with Gasteiger partial charge < -0.3 is 9.15 Å². The molecule has 8 heteroatoms. The average Bonchev–Trinajstić information content (AvgIpc) is 2.40. The first-order valence-electron chi connectivity index (χ1n) is 6.51. The van der Waals surface area contributed by atoms with Crippen molar-refractivity contribution >= 4 is 28.4 Å². The van der Waals surface area contributed by atoms with Gasteiger partial charge in [-0.05, 0) is 38.0 Å². The van der Waals surface area contributed by atoms with Crippen LogP contribution in [-0.4, -0.2) is 17.6 Å². The van der Waals surface area contributed by atoms with E-state index in [2.05, 4.69) is 5.32 Å². The number of carbonyl (C=O) groups is 1. The summed E-state index contributed by atoms with van der Waals surface area (Å²) in [4.78, 5) is 33.8. The summed E-state index contributed by atoms with van der Waals surface area (Å²) in [6, 6.07) is 2.87. The van der Waals surface area contributed by atoms with Crippen LogP contribution in [0.1, 0.15) is 18.1 Å².